The number of carboxylic acids is 1. The van der Waals surface area contributed by atoms with E-state index in [-0.39, 0.29) is 21.9 Å². The third-order valence-corrected chi connectivity index (χ3v) is 5.61. The molecule has 9 heteroatoms. The Balaban J connectivity index is 0.000000379. The molecule has 34 heavy (non-hydrogen) atoms. The third-order valence-electron chi connectivity index (χ3n) is 4.69. The lowest BCUT2D eigenvalue weighted by Gasteiger charge is -2.17. The van der Waals surface area contributed by atoms with Crippen molar-refractivity contribution in [3.05, 3.63) is 83.9 Å². The highest BCUT2D eigenvalue weighted by Crippen LogP contribution is 2.37. The Kier molecular flexibility index (Phi) is 10.5. The number of primary sulfonamides is 1. The van der Waals surface area contributed by atoms with Gasteiger partial charge in [0.25, 0.3) is 0 Å². The van der Waals surface area contributed by atoms with Gasteiger partial charge in [-0.25, -0.2) is 18.4 Å². The van der Waals surface area contributed by atoms with Crippen molar-refractivity contribution in [3.63, 3.8) is 0 Å². The fourth-order valence-electron chi connectivity index (χ4n) is 2.99. The van der Waals surface area contributed by atoms with Crippen LogP contribution in [0.3, 0.4) is 0 Å². The van der Waals surface area contributed by atoms with Crippen LogP contribution in [0.25, 0.3) is 0 Å². The molecule has 8 nitrogen and oxygen atoms in total. The summed E-state index contributed by atoms with van der Waals surface area (Å²) in [6.07, 6.45) is 2.73. The summed E-state index contributed by atoms with van der Waals surface area (Å²) >= 11 is 0. The van der Waals surface area contributed by atoms with Crippen LogP contribution >= 0.6 is 0 Å². The highest BCUT2D eigenvalue weighted by molar-refractivity contribution is 7.89. The Morgan fingerprint density at radius 1 is 1.03 bits per heavy atom. The predicted molar refractivity (Wildman–Crippen MR) is 134 cm³/mol. The van der Waals surface area contributed by atoms with Crippen molar-refractivity contribution in [1.82, 2.24) is 0 Å². The van der Waals surface area contributed by atoms with E-state index >= 15 is 0 Å². The Morgan fingerprint density at radius 3 is 2.18 bits per heavy atom. The van der Waals surface area contributed by atoms with Crippen molar-refractivity contribution in [3.8, 4) is 11.5 Å². The zero-order chi connectivity index (χ0) is 25.0. The number of hydrogen-bond acceptors (Lipinski definition) is 6. The minimum absolute atomic E-state index is 0.0187. The Hall–Kier alpha value is -3.40. The summed E-state index contributed by atoms with van der Waals surface area (Å²) in [5, 5.41) is 17.6. The number of rotatable bonds is 10. The molecule has 182 valence electrons. The van der Waals surface area contributed by atoms with Gasteiger partial charge in [0.15, 0.2) is 5.75 Å². The number of unbranched alkanes of at least 4 members (excludes halogenated alkanes) is 1. The standard InChI is InChI=1S/C17H20N2O5S.C8H11N/c1-2-3-9-19-14-10-12(17(20)21)11-15(25(18,22)23)16(14)24-13-7-5-4-6-8-13;9-7-6-8-4-2-1-3-5-8/h4-8,10-11,19H,2-3,9H2,1H3,(H,20,21)(H2,18,22,23);1-5H,6-7,9H2. The first kappa shape index (κ1) is 26.8. The molecule has 0 aromatic heterocycles. The van der Waals surface area contributed by atoms with Gasteiger partial charge in [-0.15, -0.1) is 0 Å². The number of ether oxygens (including phenoxy) is 1. The minimum atomic E-state index is -4.19. The van der Waals surface area contributed by atoms with Gasteiger partial charge in [-0.1, -0.05) is 61.9 Å². The highest BCUT2D eigenvalue weighted by atomic mass is 32.2. The molecule has 0 heterocycles. The maximum Gasteiger partial charge on any atom is 0.335 e. The van der Waals surface area contributed by atoms with Crippen LogP contribution < -0.4 is 20.9 Å². The number of sulfonamides is 1. The summed E-state index contributed by atoms with van der Waals surface area (Å²) in [5.41, 5.74) is 6.75. The average molecular weight is 486 g/mol. The topological polar surface area (TPSA) is 145 Å². The van der Waals surface area contributed by atoms with Gasteiger partial charge in [0.2, 0.25) is 10.0 Å². The van der Waals surface area contributed by atoms with Crippen molar-refractivity contribution in [2.45, 2.75) is 31.1 Å². The first-order chi connectivity index (χ1) is 16.3. The molecule has 0 saturated carbocycles. The van der Waals surface area contributed by atoms with Crippen molar-refractivity contribution >= 4 is 21.7 Å². The van der Waals surface area contributed by atoms with E-state index in [1.165, 1.54) is 11.6 Å². The molecular weight excluding hydrogens is 454 g/mol. The van der Waals surface area contributed by atoms with Crippen LogP contribution in [0.15, 0.2) is 77.7 Å². The summed E-state index contributed by atoms with van der Waals surface area (Å²) in [4.78, 5) is 10.9. The summed E-state index contributed by atoms with van der Waals surface area (Å²) in [6.45, 7) is 3.28. The Morgan fingerprint density at radius 2 is 1.65 bits per heavy atom. The van der Waals surface area contributed by atoms with Crippen LogP contribution in [-0.4, -0.2) is 32.6 Å². The molecule has 3 aromatic rings. The number of aromatic carboxylic acids is 1. The monoisotopic (exact) mass is 485 g/mol. The van der Waals surface area contributed by atoms with Crippen molar-refractivity contribution in [2.75, 3.05) is 18.4 Å². The SMILES string of the molecule is CCCCNc1cc(C(=O)O)cc(S(N)(=O)=O)c1Oc1ccccc1.NCCc1ccccc1. The van der Waals surface area contributed by atoms with Crippen molar-refractivity contribution in [1.29, 1.82) is 0 Å². The zero-order valence-corrected chi connectivity index (χ0v) is 19.9. The molecule has 3 aromatic carbocycles. The first-order valence-corrected chi connectivity index (χ1v) is 12.5. The van der Waals surface area contributed by atoms with Crippen LogP contribution in [0.4, 0.5) is 5.69 Å². The molecule has 0 aliphatic carbocycles. The normalized spacial score (nSPS) is 10.7. The number of anilines is 1. The van der Waals surface area contributed by atoms with Gasteiger partial charge in [-0.3, -0.25) is 0 Å². The van der Waals surface area contributed by atoms with E-state index in [2.05, 4.69) is 17.4 Å². The second-order valence-electron chi connectivity index (χ2n) is 7.42. The third kappa shape index (κ3) is 8.51. The largest absolute Gasteiger partial charge is 0.478 e. The number of nitrogens with two attached hydrogens (primary N) is 2. The lowest BCUT2D eigenvalue weighted by Crippen LogP contribution is -2.16. The summed E-state index contributed by atoms with van der Waals surface area (Å²) in [7, 11) is -4.19. The van der Waals surface area contributed by atoms with Crippen LogP contribution in [0.1, 0.15) is 35.7 Å². The lowest BCUT2D eigenvalue weighted by atomic mass is 10.1. The maximum absolute atomic E-state index is 12.0. The molecule has 0 fully saturated rings. The Bertz CT molecular complexity index is 1150. The number of nitrogens with one attached hydrogen (secondary N) is 1. The summed E-state index contributed by atoms with van der Waals surface area (Å²) < 4.78 is 29.7. The molecule has 0 radical (unpaired) electrons. The second-order valence-corrected chi connectivity index (χ2v) is 8.95. The van der Waals surface area contributed by atoms with Gasteiger partial charge >= 0.3 is 5.97 Å². The number of benzene rings is 3. The summed E-state index contributed by atoms with van der Waals surface area (Å²) in [5.74, 6) is -0.862. The molecule has 0 amide bonds. The quantitative estimate of drug-likeness (QED) is 0.315. The van der Waals surface area contributed by atoms with E-state index in [1.807, 2.05) is 25.1 Å². The van der Waals surface area contributed by atoms with E-state index in [1.54, 1.807) is 30.3 Å². The van der Waals surface area contributed by atoms with Crippen LogP contribution in [0, 0.1) is 0 Å². The molecule has 0 unspecified atom stereocenters. The van der Waals surface area contributed by atoms with E-state index in [4.69, 9.17) is 15.6 Å². The predicted octanol–water partition coefficient (Wildman–Crippen LogP) is 4.22. The molecule has 3 rings (SSSR count). The molecule has 0 saturated heterocycles. The number of carbonyl (C=O) groups is 1. The zero-order valence-electron chi connectivity index (χ0n) is 19.1. The fourth-order valence-corrected chi connectivity index (χ4v) is 3.69. The average Bonchev–Trinajstić information content (AvgIpc) is 2.81. The molecular formula is C25H31N3O5S. The minimum Gasteiger partial charge on any atom is -0.478 e. The molecule has 0 aliphatic heterocycles. The first-order valence-electron chi connectivity index (χ1n) is 10.9. The van der Waals surface area contributed by atoms with Gasteiger partial charge in [0, 0.05) is 6.54 Å². The van der Waals surface area contributed by atoms with Gasteiger partial charge in [0.1, 0.15) is 10.6 Å². The van der Waals surface area contributed by atoms with E-state index in [9.17, 15) is 18.3 Å². The smallest absolute Gasteiger partial charge is 0.335 e. The Labute approximate surface area is 200 Å². The fraction of sp³-hybridized carbons (Fsp3) is 0.240. The van der Waals surface area contributed by atoms with E-state index in [0.29, 0.717) is 12.3 Å². The maximum atomic E-state index is 12.0. The van der Waals surface area contributed by atoms with Gasteiger partial charge in [0.05, 0.1) is 11.3 Å². The van der Waals surface area contributed by atoms with Gasteiger partial charge < -0.3 is 20.9 Å². The van der Waals surface area contributed by atoms with Crippen LogP contribution in [-0.2, 0) is 16.4 Å². The highest BCUT2D eigenvalue weighted by Gasteiger charge is 2.23. The van der Waals surface area contributed by atoms with Crippen LogP contribution in [0.5, 0.6) is 11.5 Å². The van der Waals surface area contributed by atoms with Gasteiger partial charge in [-0.05, 0) is 49.2 Å². The number of para-hydroxylation sites is 1. The molecule has 0 aliphatic rings. The van der Waals surface area contributed by atoms with E-state index in [0.717, 1.165) is 31.9 Å². The number of carboxylic acid groups (broad SMARTS) is 1. The van der Waals surface area contributed by atoms with E-state index < -0.39 is 16.0 Å². The molecule has 6 N–H and O–H groups in total. The molecule has 0 atom stereocenters. The summed E-state index contributed by atoms with van der Waals surface area (Å²) in [6, 6.07) is 21.2. The number of hydrogen-bond donors (Lipinski definition) is 4. The lowest BCUT2D eigenvalue weighted by molar-refractivity contribution is 0.0696. The molecule has 0 bridgehead atoms. The molecule has 0 spiro atoms. The van der Waals surface area contributed by atoms with Gasteiger partial charge in [-0.2, -0.15) is 0 Å². The van der Waals surface area contributed by atoms with Crippen molar-refractivity contribution in [2.24, 2.45) is 10.9 Å². The second kappa shape index (κ2) is 13.3. The van der Waals surface area contributed by atoms with Crippen molar-refractivity contribution < 1.29 is 23.1 Å². The van der Waals surface area contributed by atoms with Crippen LogP contribution in [0.2, 0.25) is 0 Å².